The van der Waals surface area contributed by atoms with Crippen LogP contribution in [0.2, 0.25) is 0 Å². The van der Waals surface area contributed by atoms with Gasteiger partial charge in [0.1, 0.15) is 5.56 Å². The summed E-state index contributed by atoms with van der Waals surface area (Å²) < 4.78 is 0. The van der Waals surface area contributed by atoms with Gasteiger partial charge in [0.15, 0.2) is 5.43 Å². The number of carbonyl (C=O) groups is 1. The third-order valence-electron chi connectivity index (χ3n) is 3.62. The molecular formula is C14H20N2O3. The number of aromatic nitrogens is 1. The van der Waals surface area contributed by atoms with Gasteiger partial charge in [-0.1, -0.05) is 0 Å². The molecule has 1 fully saturated rings. The number of carbonyl (C=O) groups excluding carboxylic acids is 1. The molecule has 1 atom stereocenters. The van der Waals surface area contributed by atoms with E-state index in [4.69, 9.17) is 5.11 Å². The lowest BCUT2D eigenvalue weighted by molar-refractivity contribution is 0.0722. The average Bonchev–Trinajstić information content (AvgIpc) is 2.83. The Labute approximate surface area is 112 Å². The Bertz CT molecular complexity index is 510. The zero-order valence-electron chi connectivity index (χ0n) is 11.2. The van der Waals surface area contributed by atoms with Crippen LogP contribution in [0.1, 0.15) is 41.7 Å². The fourth-order valence-electron chi connectivity index (χ4n) is 2.63. The molecule has 0 aliphatic carbocycles. The minimum absolute atomic E-state index is 0.143. The minimum atomic E-state index is -0.228. The smallest absolute Gasteiger partial charge is 0.259 e. The van der Waals surface area contributed by atoms with Crippen molar-refractivity contribution < 1.29 is 9.90 Å². The largest absolute Gasteiger partial charge is 0.396 e. The maximum absolute atomic E-state index is 12.4. The predicted octanol–water partition coefficient (Wildman–Crippen LogP) is 1.06. The van der Waals surface area contributed by atoms with E-state index in [1.165, 1.54) is 12.3 Å². The van der Waals surface area contributed by atoms with E-state index in [1.807, 2.05) is 0 Å². The van der Waals surface area contributed by atoms with E-state index in [1.54, 1.807) is 11.8 Å². The van der Waals surface area contributed by atoms with E-state index in [0.29, 0.717) is 13.0 Å². The van der Waals surface area contributed by atoms with Gasteiger partial charge in [-0.05, 0) is 32.6 Å². The number of aliphatic hydroxyl groups is 1. The van der Waals surface area contributed by atoms with E-state index >= 15 is 0 Å². The first kappa shape index (κ1) is 13.8. The summed E-state index contributed by atoms with van der Waals surface area (Å²) in [5.74, 6) is -0.193. The van der Waals surface area contributed by atoms with Crippen LogP contribution in [0.4, 0.5) is 0 Å². The van der Waals surface area contributed by atoms with Crippen LogP contribution in [-0.2, 0) is 0 Å². The quantitative estimate of drug-likeness (QED) is 0.854. The molecule has 0 saturated carbocycles. The fraction of sp³-hybridized carbons (Fsp3) is 0.571. The van der Waals surface area contributed by atoms with Crippen LogP contribution in [0.3, 0.4) is 0 Å². The number of nitrogens with zero attached hydrogens (tertiary/aromatic N) is 1. The van der Waals surface area contributed by atoms with Gasteiger partial charge in [0.2, 0.25) is 0 Å². The molecule has 2 rings (SSSR count). The van der Waals surface area contributed by atoms with E-state index in [9.17, 15) is 9.59 Å². The van der Waals surface area contributed by atoms with Crippen LogP contribution in [0.5, 0.6) is 0 Å². The molecule has 1 aliphatic rings. The zero-order chi connectivity index (χ0) is 13.8. The number of rotatable bonds is 4. The number of aliphatic hydroxyl groups excluding tert-OH is 1. The van der Waals surface area contributed by atoms with E-state index in [2.05, 4.69) is 4.98 Å². The van der Waals surface area contributed by atoms with Crippen LogP contribution in [0, 0.1) is 6.92 Å². The maximum Gasteiger partial charge on any atom is 0.259 e. The van der Waals surface area contributed by atoms with E-state index in [-0.39, 0.29) is 29.5 Å². The average molecular weight is 264 g/mol. The first-order valence-electron chi connectivity index (χ1n) is 6.74. The number of hydrogen-bond acceptors (Lipinski definition) is 3. The molecule has 2 N–H and O–H groups in total. The molecule has 0 aromatic carbocycles. The summed E-state index contributed by atoms with van der Waals surface area (Å²) in [6, 6.07) is 1.60. The third kappa shape index (κ3) is 3.04. The highest BCUT2D eigenvalue weighted by Gasteiger charge is 2.29. The molecule has 1 aromatic heterocycles. The molecule has 1 unspecified atom stereocenters. The van der Waals surface area contributed by atoms with Crippen LogP contribution >= 0.6 is 0 Å². The lowest BCUT2D eigenvalue weighted by atomic mass is 10.1. The van der Waals surface area contributed by atoms with Gasteiger partial charge in [-0.25, -0.2) is 0 Å². The number of likely N-dealkylation sites (tertiary alicyclic amines) is 1. The number of amides is 1. The lowest BCUT2D eigenvalue weighted by Gasteiger charge is -2.24. The number of nitrogens with one attached hydrogen (secondary N) is 1. The fourth-order valence-corrected chi connectivity index (χ4v) is 2.63. The van der Waals surface area contributed by atoms with E-state index < -0.39 is 0 Å². The van der Waals surface area contributed by atoms with Crippen molar-refractivity contribution in [3.05, 3.63) is 33.7 Å². The summed E-state index contributed by atoms with van der Waals surface area (Å²) in [6.45, 7) is 2.63. The van der Waals surface area contributed by atoms with Crippen molar-refractivity contribution in [1.29, 1.82) is 0 Å². The molecule has 1 saturated heterocycles. The molecule has 0 bridgehead atoms. The minimum Gasteiger partial charge on any atom is -0.396 e. The van der Waals surface area contributed by atoms with Gasteiger partial charge in [-0.3, -0.25) is 9.59 Å². The highest BCUT2D eigenvalue weighted by Crippen LogP contribution is 2.22. The second kappa shape index (κ2) is 6.02. The Hall–Kier alpha value is -1.62. The molecule has 0 spiro atoms. The maximum atomic E-state index is 12.4. The van der Waals surface area contributed by atoms with Crippen molar-refractivity contribution in [3.63, 3.8) is 0 Å². The Morgan fingerprint density at radius 2 is 2.37 bits per heavy atom. The molecule has 2 heterocycles. The standard InChI is InChI=1S/C14H20N2O3/c1-10-8-13(18)12(9-15-10)14(19)16-6-2-4-11(16)5-3-7-17/h8-9,11,17H,2-7H2,1H3,(H,15,18). The summed E-state index contributed by atoms with van der Waals surface area (Å²) in [4.78, 5) is 28.9. The van der Waals surface area contributed by atoms with Crippen molar-refractivity contribution in [2.45, 2.75) is 38.6 Å². The number of H-pyrrole nitrogens is 1. The second-order valence-corrected chi connectivity index (χ2v) is 5.05. The SMILES string of the molecule is Cc1cc(=O)c(C(=O)N2CCCC2CCCO)c[nH]1. The summed E-state index contributed by atoms with van der Waals surface area (Å²) >= 11 is 0. The van der Waals surface area contributed by atoms with Gasteiger partial charge in [0, 0.05) is 37.2 Å². The third-order valence-corrected chi connectivity index (χ3v) is 3.62. The van der Waals surface area contributed by atoms with Crippen molar-refractivity contribution in [3.8, 4) is 0 Å². The van der Waals surface area contributed by atoms with Crippen molar-refractivity contribution >= 4 is 5.91 Å². The highest BCUT2D eigenvalue weighted by molar-refractivity contribution is 5.94. The van der Waals surface area contributed by atoms with Gasteiger partial charge in [0.05, 0.1) is 0 Å². The molecule has 104 valence electrons. The molecule has 1 amide bonds. The number of pyridine rings is 1. The second-order valence-electron chi connectivity index (χ2n) is 5.05. The van der Waals surface area contributed by atoms with Gasteiger partial charge >= 0.3 is 0 Å². The molecule has 1 aromatic rings. The van der Waals surface area contributed by atoms with Crippen molar-refractivity contribution in [2.75, 3.05) is 13.2 Å². The van der Waals surface area contributed by atoms with Gasteiger partial charge in [-0.2, -0.15) is 0 Å². The van der Waals surface area contributed by atoms with Gasteiger partial charge in [-0.15, -0.1) is 0 Å². The molecule has 5 nitrogen and oxygen atoms in total. The Balaban J connectivity index is 2.16. The Morgan fingerprint density at radius 3 is 3.05 bits per heavy atom. The Kier molecular flexibility index (Phi) is 4.37. The predicted molar refractivity (Wildman–Crippen MR) is 72.2 cm³/mol. The number of aromatic amines is 1. The summed E-state index contributed by atoms with van der Waals surface area (Å²) in [5.41, 5.74) is 0.732. The zero-order valence-corrected chi connectivity index (χ0v) is 11.2. The summed E-state index contributed by atoms with van der Waals surface area (Å²) in [6.07, 6.45) is 4.91. The van der Waals surface area contributed by atoms with Crippen LogP contribution in [-0.4, -0.2) is 40.1 Å². The summed E-state index contributed by atoms with van der Waals surface area (Å²) in [7, 11) is 0. The molecule has 0 radical (unpaired) electrons. The normalized spacial score (nSPS) is 18.8. The van der Waals surface area contributed by atoms with Crippen LogP contribution in [0.15, 0.2) is 17.1 Å². The topological polar surface area (TPSA) is 73.4 Å². The van der Waals surface area contributed by atoms with Crippen LogP contribution in [0.25, 0.3) is 0 Å². The summed E-state index contributed by atoms with van der Waals surface area (Å²) in [5, 5.41) is 8.88. The molecular weight excluding hydrogens is 244 g/mol. The van der Waals surface area contributed by atoms with Crippen LogP contribution < -0.4 is 5.43 Å². The highest BCUT2D eigenvalue weighted by atomic mass is 16.3. The van der Waals surface area contributed by atoms with Gasteiger partial charge in [0.25, 0.3) is 5.91 Å². The molecule has 1 aliphatic heterocycles. The monoisotopic (exact) mass is 264 g/mol. The van der Waals surface area contributed by atoms with E-state index in [0.717, 1.165) is 25.0 Å². The van der Waals surface area contributed by atoms with Gasteiger partial charge < -0.3 is 15.0 Å². The lowest BCUT2D eigenvalue weighted by Crippen LogP contribution is -2.38. The van der Waals surface area contributed by atoms with Crippen molar-refractivity contribution in [2.24, 2.45) is 0 Å². The first-order chi connectivity index (χ1) is 9.13. The Morgan fingerprint density at radius 1 is 1.58 bits per heavy atom. The molecule has 19 heavy (non-hydrogen) atoms. The molecule has 5 heteroatoms. The number of hydrogen-bond donors (Lipinski definition) is 2. The van der Waals surface area contributed by atoms with Crippen molar-refractivity contribution in [1.82, 2.24) is 9.88 Å². The first-order valence-corrected chi connectivity index (χ1v) is 6.74. The number of aryl methyl sites for hydroxylation is 1.